The van der Waals surface area contributed by atoms with Gasteiger partial charge in [-0.1, -0.05) is 40.5 Å². The Morgan fingerprint density at radius 1 is 1.37 bits per heavy atom. The van der Waals surface area contributed by atoms with Crippen LogP contribution in [0.1, 0.15) is 30.8 Å². The molecule has 0 unspecified atom stereocenters. The lowest BCUT2D eigenvalue weighted by Gasteiger charge is -2.38. The molecular formula is C15H17BrN2O. The van der Waals surface area contributed by atoms with Crippen LogP contribution in [-0.4, -0.2) is 21.7 Å². The maximum atomic E-state index is 9.65. The van der Waals surface area contributed by atoms with E-state index < -0.39 is 0 Å². The van der Waals surface area contributed by atoms with Crippen molar-refractivity contribution in [1.82, 2.24) is 9.97 Å². The first-order chi connectivity index (χ1) is 9.16. The fraction of sp³-hybridized carbons (Fsp3) is 0.400. The lowest BCUT2D eigenvalue weighted by molar-refractivity contribution is 0.113. The SMILES string of the molecule is Cc1[nH]c(C2(CO)CCC2)nc1-c1ccccc1Br. The molecule has 0 atom stereocenters. The summed E-state index contributed by atoms with van der Waals surface area (Å²) in [6.07, 6.45) is 3.21. The number of aromatic nitrogens is 2. The largest absolute Gasteiger partial charge is 0.395 e. The van der Waals surface area contributed by atoms with Crippen molar-refractivity contribution in [2.45, 2.75) is 31.6 Å². The van der Waals surface area contributed by atoms with E-state index in [4.69, 9.17) is 4.98 Å². The van der Waals surface area contributed by atoms with Crippen molar-refractivity contribution >= 4 is 15.9 Å². The van der Waals surface area contributed by atoms with Crippen LogP contribution in [0.15, 0.2) is 28.7 Å². The van der Waals surface area contributed by atoms with E-state index in [-0.39, 0.29) is 12.0 Å². The van der Waals surface area contributed by atoms with Gasteiger partial charge >= 0.3 is 0 Å². The summed E-state index contributed by atoms with van der Waals surface area (Å²) in [5.74, 6) is 0.935. The van der Waals surface area contributed by atoms with Gasteiger partial charge in [0.25, 0.3) is 0 Å². The molecule has 0 spiro atoms. The first-order valence-corrected chi connectivity index (χ1v) is 7.38. The molecule has 0 amide bonds. The number of aliphatic hydroxyl groups is 1. The molecule has 1 aromatic heterocycles. The molecule has 3 nitrogen and oxygen atoms in total. The van der Waals surface area contributed by atoms with Crippen LogP contribution in [0.2, 0.25) is 0 Å². The third kappa shape index (κ3) is 2.03. The Morgan fingerprint density at radius 2 is 2.11 bits per heavy atom. The molecule has 0 saturated heterocycles. The van der Waals surface area contributed by atoms with Crippen LogP contribution in [0, 0.1) is 6.92 Å². The van der Waals surface area contributed by atoms with E-state index >= 15 is 0 Å². The first-order valence-electron chi connectivity index (χ1n) is 6.59. The number of hydrogen-bond acceptors (Lipinski definition) is 2. The zero-order valence-electron chi connectivity index (χ0n) is 10.9. The Kier molecular flexibility index (Phi) is 3.23. The van der Waals surface area contributed by atoms with Crippen molar-refractivity contribution in [2.24, 2.45) is 0 Å². The van der Waals surface area contributed by atoms with E-state index in [0.717, 1.165) is 40.1 Å². The van der Waals surface area contributed by atoms with Crippen LogP contribution >= 0.6 is 15.9 Å². The topological polar surface area (TPSA) is 48.9 Å². The van der Waals surface area contributed by atoms with E-state index in [1.807, 2.05) is 25.1 Å². The van der Waals surface area contributed by atoms with Crippen LogP contribution in [0.5, 0.6) is 0 Å². The highest BCUT2D eigenvalue weighted by atomic mass is 79.9. The third-order valence-electron chi connectivity index (χ3n) is 4.13. The molecule has 1 heterocycles. The third-order valence-corrected chi connectivity index (χ3v) is 4.82. The number of halogens is 1. The molecule has 0 radical (unpaired) electrons. The van der Waals surface area contributed by atoms with Gasteiger partial charge in [0.1, 0.15) is 5.82 Å². The molecule has 1 aliphatic rings. The van der Waals surface area contributed by atoms with Crippen molar-refractivity contribution in [2.75, 3.05) is 6.61 Å². The molecule has 0 bridgehead atoms. The monoisotopic (exact) mass is 320 g/mol. The van der Waals surface area contributed by atoms with Crippen LogP contribution in [0.25, 0.3) is 11.3 Å². The van der Waals surface area contributed by atoms with Crippen molar-refractivity contribution in [1.29, 1.82) is 0 Å². The van der Waals surface area contributed by atoms with Gasteiger partial charge < -0.3 is 10.1 Å². The summed E-state index contributed by atoms with van der Waals surface area (Å²) < 4.78 is 1.04. The van der Waals surface area contributed by atoms with E-state index in [0.29, 0.717) is 0 Å². The van der Waals surface area contributed by atoms with Gasteiger partial charge in [-0.2, -0.15) is 0 Å². The summed E-state index contributed by atoms with van der Waals surface area (Å²) in [5.41, 5.74) is 2.99. The Labute approximate surface area is 121 Å². The van der Waals surface area contributed by atoms with Crippen molar-refractivity contribution in [3.05, 3.63) is 40.3 Å². The molecule has 1 fully saturated rings. The van der Waals surface area contributed by atoms with Crippen molar-refractivity contribution in [3.63, 3.8) is 0 Å². The average molecular weight is 321 g/mol. The maximum absolute atomic E-state index is 9.65. The molecule has 1 aromatic carbocycles. The molecule has 2 N–H and O–H groups in total. The van der Waals surface area contributed by atoms with E-state index in [2.05, 4.69) is 27.0 Å². The quantitative estimate of drug-likeness (QED) is 0.908. The second-order valence-corrected chi connectivity index (χ2v) is 6.19. The number of hydrogen-bond donors (Lipinski definition) is 2. The van der Waals surface area contributed by atoms with Gasteiger partial charge in [0, 0.05) is 15.7 Å². The predicted molar refractivity (Wildman–Crippen MR) is 79.1 cm³/mol. The van der Waals surface area contributed by atoms with Crippen LogP contribution < -0.4 is 0 Å². The van der Waals surface area contributed by atoms with Gasteiger partial charge in [0.15, 0.2) is 0 Å². The summed E-state index contributed by atoms with van der Waals surface area (Å²) in [6, 6.07) is 8.09. The Bertz CT molecular complexity index is 596. The first kappa shape index (κ1) is 12.9. The van der Waals surface area contributed by atoms with Gasteiger partial charge in [0.05, 0.1) is 17.7 Å². The predicted octanol–water partition coefficient (Wildman–Crippen LogP) is 3.56. The standard InChI is InChI=1S/C15H17BrN2O/c1-10-13(11-5-2-3-6-12(11)16)18-14(17-10)15(9-19)7-4-8-15/h2-3,5-6,19H,4,7-9H2,1H3,(H,17,18). The Morgan fingerprint density at radius 3 is 2.68 bits per heavy atom. The molecule has 19 heavy (non-hydrogen) atoms. The van der Waals surface area contributed by atoms with Gasteiger partial charge in [-0.05, 0) is 25.8 Å². The summed E-state index contributed by atoms with van der Waals surface area (Å²) in [5, 5.41) is 9.65. The number of aliphatic hydroxyl groups excluding tert-OH is 1. The summed E-state index contributed by atoms with van der Waals surface area (Å²) in [6.45, 7) is 2.21. The summed E-state index contributed by atoms with van der Waals surface area (Å²) in [7, 11) is 0. The molecule has 3 rings (SSSR count). The minimum atomic E-state index is -0.135. The van der Waals surface area contributed by atoms with E-state index in [1.165, 1.54) is 6.42 Å². The maximum Gasteiger partial charge on any atom is 0.115 e. The Balaban J connectivity index is 2.05. The minimum absolute atomic E-state index is 0.135. The molecule has 100 valence electrons. The zero-order valence-corrected chi connectivity index (χ0v) is 12.5. The van der Waals surface area contributed by atoms with E-state index in [9.17, 15) is 5.11 Å². The van der Waals surface area contributed by atoms with Crippen LogP contribution in [0.4, 0.5) is 0 Å². The number of aromatic amines is 1. The van der Waals surface area contributed by atoms with Crippen molar-refractivity contribution in [3.8, 4) is 11.3 Å². The number of nitrogens with zero attached hydrogens (tertiary/aromatic N) is 1. The molecule has 0 aliphatic heterocycles. The van der Waals surface area contributed by atoms with Gasteiger partial charge in [-0.25, -0.2) is 4.98 Å². The van der Waals surface area contributed by atoms with Crippen LogP contribution in [-0.2, 0) is 5.41 Å². The highest BCUT2D eigenvalue weighted by Gasteiger charge is 2.41. The van der Waals surface area contributed by atoms with Gasteiger partial charge in [-0.3, -0.25) is 0 Å². The number of benzene rings is 1. The normalized spacial score (nSPS) is 17.2. The van der Waals surface area contributed by atoms with E-state index in [1.54, 1.807) is 0 Å². The molecule has 4 heteroatoms. The molecule has 2 aromatic rings. The summed E-state index contributed by atoms with van der Waals surface area (Å²) >= 11 is 3.57. The highest BCUT2D eigenvalue weighted by Crippen LogP contribution is 2.43. The number of H-pyrrole nitrogens is 1. The minimum Gasteiger partial charge on any atom is -0.395 e. The number of imidazole rings is 1. The smallest absolute Gasteiger partial charge is 0.115 e. The fourth-order valence-corrected chi connectivity index (χ4v) is 3.17. The average Bonchev–Trinajstić information content (AvgIpc) is 2.72. The van der Waals surface area contributed by atoms with Crippen molar-refractivity contribution < 1.29 is 5.11 Å². The molecule has 1 aliphatic carbocycles. The summed E-state index contributed by atoms with van der Waals surface area (Å²) in [4.78, 5) is 8.13. The van der Waals surface area contributed by atoms with Gasteiger partial charge in [-0.15, -0.1) is 0 Å². The fourth-order valence-electron chi connectivity index (χ4n) is 2.70. The van der Waals surface area contributed by atoms with Gasteiger partial charge in [0.2, 0.25) is 0 Å². The lowest BCUT2D eigenvalue weighted by Crippen LogP contribution is -2.39. The van der Waals surface area contributed by atoms with Crippen LogP contribution in [0.3, 0.4) is 0 Å². The second-order valence-electron chi connectivity index (χ2n) is 5.33. The molecule has 1 saturated carbocycles. The zero-order chi connectivity index (χ0) is 13.5. The number of nitrogens with one attached hydrogen (secondary N) is 1. The lowest BCUT2D eigenvalue weighted by atomic mass is 9.69. The number of rotatable bonds is 3. The molecular weight excluding hydrogens is 304 g/mol. The Hall–Kier alpha value is -1.13. The second kappa shape index (κ2) is 4.76. The number of aryl methyl sites for hydroxylation is 1. The highest BCUT2D eigenvalue weighted by molar-refractivity contribution is 9.10.